The molecule has 34 heavy (non-hydrogen) atoms. The van der Waals surface area contributed by atoms with Gasteiger partial charge in [-0.15, -0.1) is 0 Å². The number of anilines is 1. The van der Waals surface area contributed by atoms with E-state index in [2.05, 4.69) is 5.32 Å². The van der Waals surface area contributed by atoms with Gasteiger partial charge in [0.2, 0.25) is 0 Å². The molecule has 0 radical (unpaired) electrons. The molecule has 1 unspecified atom stereocenters. The number of hydrogen-bond donors (Lipinski definition) is 3. The molecule has 1 aliphatic rings. The van der Waals surface area contributed by atoms with Crippen LogP contribution in [0.4, 0.5) is 10.5 Å². The molecule has 1 aliphatic heterocycles. The summed E-state index contributed by atoms with van der Waals surface area (Å²) in [7, 11) is 0. The van der Waals surface area contributed by atoms with Gasteiger partial charge in [0, 0.05) is 11.3 Å². The molecule has 0 saturated carbocycles. The number of cyclic esters (lactones) is 1. The molecule has 1 heterocycles. The first-order valence-electron chi connectivity index (χ1n) is 10.7. The Morgan fingerprint density at radius 3 is 2.18 bits per heavy atom. The highest BCUT2D eigenvalue weighted by Crippen LogP contribution is 2.22. The van der Waals surface area contributed by atoms with Crippen molar-refractivity contribution in [2.24, 2.45) is 5.73 Å². The number of rotatable bonds is 7. The molecule has 11 nitrogen and oxygen atoms in total. The second-order valence-corrected chi connectivity index (χ2v) is 9.83. The van der Waals surface area contributed by atoms with Crippen LogP contribution in [0.3, 0.4) is 0 Å². The predicted molar refractivity (Wildman–Crippen MR) is 123 cm³/mol. The van der Waals surface area contributed by atoms with Crippen molar-refractivity contribution >= 4 is 35.5 Å². The minimum atomic E-state index is -1.33. The van der Waals surface area contributed by atoms with Crippen LogP contribution in [0.15, 0.2) is 24.3 Å². The Bertz CT molecular complexity index is 961. The van der Waals surface area contributed by atoms with Crippen LogP contribution in [0, 0.1) is 5.41 Å². The Kier molecular flexibility index (Phi) is 7.91. The lowest BCUT2D eigenvalue weighted by atomic mass is 10.1. The van der Waals surface area contributed by atoms with E-state index in [0.717, 1.165) is 0 Å². The Hall–Kier alpha value is -3.63. The summed E-state index contributed by atoms with van der Waals surface area (Å²) in [5.74, 6) is -2.38. The van der Waals surface area contributed by atoms with Gasteiger partial charge in [0.25, 0.3) is 5.91 Å². The first-order chi connectivity index (χ1) is 15.6. The Balaban J connectivity index is 2.12. The second-order valence-electron chi connectivity index (χ2n) is 9.83. The van der Waals surface area contributed by atoms with Crippen LogP contribution in [-0.2, 0) is 28.6 Å². The molecular formula is C23H32N4O7. The van der Waals surface area contributed by atoms with Gasteiger partial charge in [-0.2, -0.15) is 0 Å². The molecule has 11 heteroatoms. The van der Waals surface area contributed by atoms with E-state index in [4.69, 9.17) is 25.4 Å². The molecule has 1 fully saturated rings. The molecule has 0 spiro atoms. The lowest BCUT2D eigenvalue weighted by Crippen LogP contribution is -2.49. The fourth-order valence-electron chi connectivity index (χ4n) is 3.01. The largest absolute Gasteiger partial charge is 0.460 e. The summed E-state index contributed by atoms with van der Waals surface area (Å²) in [6.45, 7) is 9.91. The summed E-state index contributed by atoms with van der Waals surface area (Å²) in [5.41, 5.74) is 4.74. The predicted octanol–water partition coefficient (Wildman–Crippen LogP) is 1.85. The van der Waals surface area contributed by atoms with Gasteiger partial charge in [-0.25, -0.2) is 9.59 Å². The minimum absolute atomic E-state index is 0.114. The third-order valence-electron chi connectivity index (χ3n) is 4.39. The summed E-state index contributed by atoms with van der Waals surface area (Å²) < 4.78 is 15.8. The van der Waals surface area contributed by atoms with E-state index in [9.17, 15) is 19.2 Å². The van der Waals surface area contributed by atoms with Crippen LogP contribution < -0.4 is 16.0 Å². The molecule has 4 N–H and O–H groups in total. The highest BCUT2D eigenvalue weighted by atomic mass is 16.6. The standard InChI is InChI=1S/C23H32N4O7/c1-22(2,3)33-17(28)11-15(20(30)34-23(4,5)6)26-19(29)16-12-27(21(31)32-16)14-9-7-13(8-10-14)18(24)25/h7-10,15-16H,11-12H2,1-6H3,(H3,24,25)(H,26,29)/t15-,16?/m1/s1. The highest BCUT2D eigenvalue weighted by molar-refractivity contribution is 5.98. The van der Waals surface area contributed by atoms with Crippen LogP contribution in [-0.4, -0.2) is 59.7 Å². The summed E-state index contributed by atoms with van der Waals surface area (Å²) >= 11 is 0. The first-order valence-corrected chi connectivity index (χ1v) is 10.7. The molecule has 0 aromatic heterocycles. The first kappa shape index (κ1) is 26.6. The second kappa shape index (κ2) is 10.1. The van der Waals surface area contributed by atoms with Crippen molar-refractivity contribution in [3.63, 3.8) is 0 Å². The minimum Gasteiger partial charge on any atom is -0.460 e. The number of hydrogen-bond acceptors (Lipinski definition) is 8. The van der Waals surface area contributed by atoms with Crippen molar-refractivity contribution in [3.8, 4) is 0 Å². The third kappa shape index (κ3) is 7.75. The molecule has 0 aliphatic carbocycles. The van der Waals surface area contributed by atoms with Gasteiger partial charge < -0.3 is 25.3 Å². The molecular weight excluding hydrogens is 444 g/mol. The fraction of sp³-hybridized carbons (Fsp3) is 0.522. The van der Waals surface area contributed by atoms with Gasteiger partial charge in [0.15, 0.2) is 6.10 Å². The number of ether oxygens (including phenoxy) is 3. The van der Waals surface area contributed by atoms with E-state index < -0.39 is 53.7 Å². The number of nitrogens with one attached hydrogen (secondary N) is 2. The number of nitrogen functional groups attached to an aromatic ring is 1. The van der Waals surface area contributed by atoms with Crippen LogP contribution >= 0.6 is 0 Å². The molecule has 2 rings (SSSR count). The zero-order valence-electron chi connectivity index (χ0n) is 20.3. The van der Waals surface area contributed by atoms with Crippen LogP contribution in [0.5, 0.6) is 0 Å². The Labute approximate surface area is 198 Å². The number of nitrogens with zero attached hydrogens (tertiary/aromatic N) is 1. The number of nitrogens with two attached hydrogens (primary N) is 1. The zero-order valence-corrected chi connectivity index (χ0v) is 20.3. The SMILES string of the molecule is CC(C)(C)OC(=O)C[C@@H](NC(=O)C1CN(c2ccc(C(=N)N)cc2)C(=O)O1)C(=O)OC(C)(C)C. The Morgan fingerprint density at radius 1 is 1.12 bits per heavy atom. The maximum absolute atomic E-state index is 12.8. The molecule has 1 aromatic carbocycles. The number of esters is 2. The Morgan fingerprint density at radius 2 is 1.68 bits per heavy atom. The van der Waals surface area contributed by atoms with Gasteiger partial charge in [0.05, 0.1) is 13.0 Å². The maximum atomic E-state index is 12.8. The van der Waals surface area contributed by atoms with Gasteiger partial charge in [-0.1, -0.05) is 0 Å². The normalized spacial score (nSPS) is 16.9. The summed E-state index contributed by atoms with van der Waals surface area (Å²) in [4.78, 5) is 51.4. The summed E-state index contributed by atoms with van der Waals surface area (Å²) in [6, 6.07) is 4.95. The third-order valence-corrected chi connectivity index (χ3v) is 4.39. The highest BCUT2D eigenvalue weighted by Gasteiger charge is 2.39. The van der Waals surface area contributed by atoms with Crippen molar-refractivity contribution in [1.29, 1.82) is 5.41 Å². The lowest BCUT2D eigenvalue weighted by Gasteiger charge is -2.26. The van der Waals surface area contributed by atoms with E-state index in [-0.39, 0.29) is 12.4 Å². The topological polar surface area (TPSA) is 161 Å². The molecule has 2 atom stereocenters. The monoisotopic (exact) mass is 476 g/mol. The molecule has 186 valence electrons. The maximum Gasteiger partial charge on any atom is 0.415 e. The lowest BCUT2D eigenvalue weighted by molar-refractivity contribution is -0.165. The van der Waals surface area contributed by atoms with Gasteiger partial charge in [-0.3, -0.25) is 19.9 Å². The van der Waals surface area contributed by atoms with Crippen LogP contribution in [0.25, 0.3) is 0 Å². The van der Waals surface area contributed by atoms with Crippen molar-refractivity contribution < 1.29 is 33.4 Å². The summed E-state index contributed by atoms with van der Waals surface area (Å²) in [6.07, 6.45) is -2.42. The van der Waals surface area contributed by atoms with Gasteiger partial charge in [-0.05, 0) is 65.8 Å². The van der Waals surface area contributed by atoms with E-state index in [1.165, 1.54) is 4.90 Å². The van der Waals surface area contributed by atoms with Crippen molar-refractivity contribution in [3.05, 3.63) is 29.8 Å². The van der Waals surface area contributed by atoms with Crippen LogP contribution in [0.1, 0.15) is 53.5 Å². The zero-order chi connectivity index (χ0) is 25.8. The number of carbonyl (C=O) groups excluding carboxylic acids is 4. The van der Waals surface area contributed by atoms with E-state index in [1.807, 2.05) is 0 Å². The van der Waals surface area contributed by atoms with Crippen molar-refractivity contribution in [1.82, 2.24) is 5.32 Å². The van der Waals surface area contributed by atoms with Gasteiger partial charge in [0.1, 0.15) is 23.1 Å². The number of carbonyl (C=O) groups is 4. The quantitative estimate of drug-likeness (QED) is 0.232. The molecule has 1 saturated heterocycles. The number of amidine groups is 1. The molecule has 2 amide bonds. The summed E-state index contributed by atoms with van der Waals surface area (Å²) in [5, 5.41) is 9.89. The van der Waals surface area contributed by atoms with Crippen molar-refractivity contribution in [2.75, 3.05) is 11.4 Å². The molecule has 1 aromatic rings. The average Bonchev–Trinajstić information content (AvgIpc) is 3.06. The fourth-order valence-corrected chi connectivity index (χ4v) is 3.01. The molecule has 0 bridgehead atoms. The van der Waals surface area contributed by atoms with E-state index in [0.29, 0.717) is 11.3 Å². The average molecular weight is 477 g/mol. The smallest absolute Gasteiger partial charge is 0.415 e. The number of benzene rings is 1. The van der Waals surface area contributed by atoms with E-state index in [1.54, 1.807) is 65.8 Å². The number of amides is 2. The van der Waals surface area contributed by atoms with Crippen molar-refractivity contribution in [2.45, 2.75) is 71.3 Å². The van der Waals surface area contributed by atoms with Crippen LogP contribution in [0.2, 0.25) is 0 Å². The van der Waals surface area contributed by atoms with E-state index >= 15 is 0 Å². The van der Waals surface area contributed by atoms with Gasteiger partial charge >= 0.3 is 18.0 Å².